The number of amides is 1. The number of alkyl carbamates (subject to hydrolysis) is 1. The second-order valence-electron chi connectivity index (χ2n) is 2.18. The summed E-state index contributed by atoms with van der Waals surface area (Å²) in [5.41, 5.74) is 0. The van der Waals surface area contributed by atoms with Gasteiger partial charge in [0.05, 0.1) is 0 Å². The fourth-order valence-corrected chi connectivity index (χ4v) is 0.536. The zero-order valence-corrected chi connectivity index (χ0v) is 7.07. The van der Waals surface area contributed by atoms with Crippen LogP contribution in [-0.2, 0) is 9.53 Å². The van der Waals surface area contributed by atoms with E-state index in [1.807, 2.05) is 0 Å². The van der Waals surface area contributed by atoms with E-state index in [-0.39, 0.29) is 6.61 Å². The maximum absolute atomic E-state index is 12.0. The minimum Gasteiger partial charge on any atom is -0.480 e. The Balaban J connectivity index is 4.09. The predicted octanol–water partition coefficient (Wildman–Crippen LogP) is 0.617. The van der Waals surface area contributed by atoms with Gasteiger partial charge in [0.1, 0.15) is 6.61 Å². The number of aliphatic carboxylic acids is 1. The Morgan fingerprint density at radius 3 is 2.50 bits per heavy atom. The number of carboxylic acids is 1. The molecule has 0 aromatic rings. The third-order valence-electron chi connectivity index (χ3n) is 1.12. The SMILES string of the molecule is C=CCOC(=O)N[C@H](C(=O)O)C(F)F. The molecule has 0 saturated heterocycles. The van der Waals surface area contributed by atoms with Gasteiger partial charge in [-0.3, -0.25) is 0 Å². The van der Waals surface area contributed by atoms with E-state index in [1.165, 1.54) is 11.4 Å². The molecule has 1 atom stereocenters. The first-order valence-corrected chi connectivity index (χ1v) is 3.54. The summed E-state index contributed by atoms with van der Waals surface area (Å²) in [6, 6.07) is -2.26. The highest BCUT2D eigenvalue weighted by Gasteiger charge is 2.30. The van der Waals surface area contributed by atoms with E-state index < -0.39 is 24.5 Å². The molecular weight excluding hydrogens is 200 g/mol. The van der Waals surface area contributed by atoms with E-state index >= 15 is 0 Å². The van der Waals surface area contributed by atoms with Gasteiger partial charge in [0, 0.05) is 0 Å². The molecule has 0 rings (SSSR count). The van der Waals surface area contributed by atoms with Crippen molar-refractivity contribution < 1.29 is 28.2 Å². The van der Waals surface area contributed by atoms with E-state index in [0.717, 1.165) is 0 Å². The maximum atomic E-state index is 12.0. The molecule has 1 amide bonds. The molecule has 14 heavy (non-hydrogen) atoms. The van der Waals surface area contributed by atoms with Crippen molar-refractivity contribution in [2.24, 2.45) is 0 Å². The lowest BCUT2D eigenvalue weighted by Gasteiger charge is -2.12. The number of carboxylic acid groups (broad SMARTS) is 1. The van der Waals surface area contributed by atoms with Crippen LogP contribution in [0.25, 0.3) is 0 Å². The molecule has 0 saturated carbocycles. The highest BCUT2D eigenvalue weighted by atomic mass is 19.3. The molecule has 0 aliphatic heterocycles. The Labute approximate surface area is 78.4 Å². The first-order valence-electron chi connectivity index (χ1n) is 3.54. The van der Waals surface area contributed by atoms with Gasteiger partial charge in [-0.1, -0.05) is 12.7 Å². The molecule has 0 bridgehead atoms. The van der Waals surface area contributed by atoms with Gasteiger partial charge >= 0.3 is 12.1 Å². The summed E-state index contributed by atoms with van der Waals surface area (Å²) < 4.78 is 28.2. The molecule has 0 fully saturated rings. The summed E-state index contributed by atoms with van der Waals surface area (Å²) in [4.78, 5) is 20.8. The van der Waals surface area contributed by atoms with Gasteiger partial charge in [0.25, 0.3) is 6.43 Å². The van der Waals surface area contributed by atoms with Gasteiger partial charge in [0.2, 0.25) is 0 Å². The Morgan fingerprint density at radius 2 is 2.14 bits per heavy atom. The van der Waals surface area contributed by atoms with E-state index in [4.69, 9.17) is 5.11 Å². The number of carbonyl (C=O) groups excluding carboxylic acids is 1. The Hall–Kier alpha value is -1.66. The van der Waals surface area contributed by atoms with E-state index in [0.29, 0.717) is 0 Å². The monoisotopic (exact) mass is 209 g/mol. The van der Waals surface area contributed by atoms with Gasteiger partial charge in [-0.2, -0.15) is 0 Å². The molecule has 0 heterocycles. The third kappa shape index (κ3) is 4.39. The maximum Gasteiger partial charge on any atom is 0.408 e. The minimum atomic E-state index is -3.19. The van der Waals surface area contributed by atoms with Crippen LogP contribution in [0.2, 0.25) is 0 Å². The van der Waals surface area contributed by atoms with Gasteiger partial charge < -0.3 is 15.2 Å². The van der Waals surface area contributed by atoms with Gasteiger partial charge in [-0.05, 0) is 0 Å². The molecule has 0 spiro atoms. The van der Waals surface area contributed by atoms with E-state index in [2.05, 4.69) is 11.3 Å². The lowest BCUT2D eigenvalue weighted by molar-refractivity contribution is -0.143. The highest BCUT2D eigenvalue weighted by Crippen LogP contribution is 2.01. The van der Waals surface area contributed by atoms with Crippen LogP contribution in [0.1, 0.15) is 0 Å². The molecule has 5 nitrogen and oxygen atoms in total. The first-order chi connectivity index (χ1) is 6.49. The van der Waals surface area contributed by atoms with Crippen molar-refractivity contribution in [2.45, 2.75) is 12.5 Å². The number of halogens is 2. The van der Waals surface area contributed by atoms with Gasteiger partial charge in [-0.15, -0.1) is 0 Å². The van der Waals surface area contributed by atoms with Crippen molar-refractivity contribution >= 4 is 12.1 Å². The normalized spacial score (nSPS) is 11.9. The van der Waals surface area contributed by atoms with Gasteiger partial charge in [0.15, 0.2) is 6.04 Å². The predicted molar refractivity (Wildman–Crippen MR) is 42.1 cm³/mol. The summed E-state index contributed by atoms with van der Waals surface area (Å²) in [5.74, 6) is -1.82. The molecule has 0 aromatic heterocycles. The van der Waals surface area contributed by atoms with Crippen LogP contribution in [0.4, 0.5) is 13.6 Å². The Kier molecular flexibility index (Phi) is 5.20. The average Bonchev–Trinajstić information content (AvgIpc) is 2.09. The smallest absolute Gasteiger partial charge is 0.408 e. The van der Waals surface area contributed by atoms with Crippen LogP contribution in [0.5, 0.6) is 0 Å². The van der Waals surface area contributed by atoms with Crippen LogP contribution in [0.3, 0.4) is 0 Å². The molecule has 0 aliphatic rings. The topological polar surface area (TPSA) is 75.6 Å². The Bertz CT molecular complexity index is 232. The quantitative estimate of drug-likeness (QED) is 0.650. The summed E-state index contributed by atoms with van der Waals surface area (Å²) >= 11 is 0. The molecule has 0 aliphatic carbocycles. The molecule has 0 radical (unpaired) electrons. The number of hydrogen-bond acceptors (Lipinski definition) is 3. The third-order valence-corrected chi connectivity index (χ3v) is 1.12. The van der Waals surface area contributed by atoms with Crippen LogP contribution in [0.15, 0.2) is 12.7 Å². The number of rotatable bonds is 5. The lowest BCUT2D eigenvalue weighted by Crippen LogP contribution is -2.45. The number of carbonyl (C=O) groups is 2. The van der Waals surface area contributed by atoms with E-state index in [9.17, 15) is 18.4 Å². The largest absolute Gasteiger partial charge is 0.480 e. The number of hydrogen-bond donors (Lipinski definition) is 2. The molecule has 2 N–H and O–H groups in total. The summed E-state index contributed by atoms with van der Waals surface area (Å²) in [5, 5.41) is 9.74. The first kappa shape index (κ1) is 12.3. The summed E-state index contributed by atoms with van der Waals surface area (Å²) in [6.07, 6.45) is -3.20. The molecule has 0 aromatic carbocycles. The van der Waals surface area contributed by atoms with Crippen molar-refractivity contribution in [1.29, 1.82) is 0 Å². The fourth-order valence-electron chi connectivity index (χ4n) is 0.536. The number of nitrogens with one attached hydrogen (secondary N) is 1. The molecule has 7 heteroatoms. The lowest BCUT2D eigenvalue weighted by atomic mass is 10.3. The summed E-state index contributed by atoms with van der Waals surface area (Å²) in [7, 11) is 0. The number of alkyl halides is 2. The van der Waals surface area contributed by atoms with Crippen molar-refractivity contribution in [1.82, 2.24) is 5.32 Å². The molecular formula is C7H9F2NO4. The standard InChI is InChI=1S/C7H9F2NO4/c1-2-3-14-7(13)10-4(5(8)9)6(11)12/h2,4-5H,1,3H2,(H,10,13)(H,11,12)/t4-/m0/s1. The van der Waals surface area contributed by atoms with Crippen molar-refractivity contribution in [3.63, 3.8) is 0 Å². The van der Waals surface area contributed by atoms with Crippen molar-refractivity contribution in [3.8, 4) is 0 Å². The molecule has 0 unspecified atom stereocenters. The van der Waals surface area contributed by atoms with Gasteiger partial charge in [-0.25, -0.2) is 18.4 Å². The zero-order valence-electron chi connectivity index (χ0n) is 7.07. The molecule has 80 valence electrons. The van der Waals surface area contributed by atoms with Crippen molar-refractivity contribution in [3.05, 3.63) is 12.7 Å². The van der Waals surface area contributed by atoms with Crippen LogP contribution < -0.4 is 5.32 Å². The number of ether oxygens (including phenoxy) is 1. The van der Waals surface area contributed by atoms with E-state index in [1.54, 1.807) is 0 Å². The zero-order chi connectivity index (χ0) is 11.1. The second-order valence-corrected chi connectivity index (χ2v) is 2.18. The van der Waals surface area contributed by atoms with Crippen molar-refractivity contribution in [2.75, 3.05) is 6.61 Å². The average molecular weight is 209 g/mol. The minimum absolute atomic E-state index is 0.179. The van der Waals surface area contributed by atoms with Crippen LogP contribution in [0, 0.1) is 0 Å². The summed E-state index contributed by atoms with van der Waals surface area (Å²) in [6.45, 7) is 3.03. The second kappa shape index (κ2) is 5.90. The highest BCUT2D eigenvalue weighted by molar-refractivity contribution is 5.80. The van der Waals surface area contributed by atoms with Crippen LogP contribution in [-0.4, -0.2) is 36.2 Å². The fraction of sp³-hybridized carbons (Fsp3) is 0.429. The van der Waals surface area contributed by atoms with Crippen LogP contribution >= 0.6 is 0 Å². The Morgan fingerprint density at radius 1 is 1.57 bits per heavy atom.